The molecule has 1 aromatic heterocycles. The van der Waals surface area contributed by atoms with Crippen molar-refractivity contribution in [2.45, 2.75) is 0 Å². The maximum absolute atomic E-state index is 11.3. The number of rotatable bonds is 1. The van der Waals surface area contributed by atoms with Gasteiger partial charge in [-0.2, -0.15) is 5.26 Å². The van der Waals surface area contributed by atoms with Crippen molar-refractivity contribution in [2.24, 2.45) is 0 Å². The number of pyridine rings is 1. The van der Waals surface area contributed by atoms with Crippen LogP contribution in [0.15, 0.2) is 48.5 Å². The Bertz CT molecular complexity index is 758. The zero-order valence-corrected chi connectivity index (χ0v) is 9.33. The monoisotopic (exact) mass is 250 g/mol. The van der Waals surface area contributed by atoms with Crippen LogP contribution in [0.4, 0.5) is 0 Å². The summed E-state index contributed by atoms with van der Waals surface area (Å²) in [5, 5.41) is 11.3. The summed E-state index contributed by atoms with van der Waals surface area (Å²) in [5.74, 6) is -0.857. The maximum atomic E-state index is 11.3. The number of nitrogens with zero attached hydrogens (tertiary/aromatic N) is 1. The first-order chi connectivity index (χ1) is 8.79. The second-order valence-corrected chi connectivity index (χ2v) is 3.93. The fourth-order valence-electron chi connectivity index (χ4n) is 2.02. The molecule has 19 heavy (non-hydrogen) atoms. The van der Waals surface area contributed by atoms with Crippen LogP contribution in [0, 0.1) is 0 Å². The molecule has 0 aliphatic rings. The van der Waals surface area contributed by atoms with Gasteiger partial charge in [0.15, 0.2) is 5.69 Å². The number of hydrogen-bond acceptors (Lipinski definition) is 4. The van der Waals surface area contributed by atoms with Gasteiger partial charge in [0.2, 0.25) is 0 Å². The molecule has 0 aliphatic carbocycles. The average molecular weight is 250 g/mol. The fourth-order valence-corrected chi connectivity index (χ4v) is 2.02. The molecule has 3 aromatic rings. The molecule has 1 N–H and O–H groups in total. The third kappa shape index (κ3) is 2.19. The molecule has 3 rings (SSSR count). The number of hydrogen-bond donors (Lipinski definition) is 1. The van der Waals surface area contributed by atoms with E-state index < -0.39 is 5.97 Å². The normalized spacial score (nSPS) is 10.2. The number of carbonyl (C=O) groups excluding carboxylic acids is 1. The Kier molecular flexibility index (Phi) is 3.56. The van der Waals surface area contributed by atoms with Crippen LogP contribution >= 0.6 is 0 Å². The molecule has 0 unspecified atom stereocenters. The molecule has 0 saturated heterocycles. The molecule has 2 aromatic carbocycles. The Hall–Kier alpha value is -2.29. The van der Waals surface area contributed by atoms with Crippen LogP contribution in [0.3, 0.4) is 0 Å². The summed E-state index contributed by atoms with van der Waals surface area (Å²) in [6.07, 6.45) is 0. The van der Waals surface area contributed by atoms with Gasteiger partial charge in [0, 0.05) is 10.8 Å². The molecule has 0 spiro atoms. The number of aromatic nitrogens is 1. The zero-order chi connectivity index (χ0) is 12.5. The van der Waals surface area contributed by atoms with E-state index in [2.05, 4.69) is 9.87 Å². The molecule has 1 heterocycles. The predicted molar refractivity (Wildman–Crippen MR) is 75.8 cm³/mol. The van der Waals surface area contributed by atoms with Crippen molar-refractivity contribution >= 4 is 37.8 Å². The Morgan fingerprint density at radius 3 is 2.47 bits per heavy atom. The van der Waals surface area contributed by atoms with Crippen LogP contribution < -0.4 is 0 Å². The minimum atomic E-state index is -0.857. The van der Waals surface area contributed by atoms with Gasteiger partial charge in [-0.3, -0.25) is 4.89 Å². The summed E-state index contributed by atoms with van der Waals surface area (Å²) in [6.45, 7) is 0. The third-order valence-corrected chi connectivity index (χ3v) is 2.88. The van der Waals surface area contributed by atoms with Gasteiger partial charge in [0.25, 0.3) is 0 Å². The van der Waals surface area contributed by atoms with Crippen molar-refractivity contribution < 1.29 is 14.9 Å². The van der Waals surface area contributed by atoms with Crippen molar-refractivity contribution in [1.82, 2.24) is 4.98 Å². The Balaban J connectivity index is 0.00000133. The van der Waals surface area contributed by atoms with Gasteiger partial charge >= 0.3 is 16.1 Å². The molecule has 5 heteroatoms. The van der Waals surface area contributed by atoms with E-state index >= 15 is 0 Å². The summed E-state index contributed by atoms with van der Waals surface area (Å²) in [6, 6.07) is 15.0. The molecule has 0 atom stereocenters. The second kappa shape index (κ2) is 5.14. The Morgan fingerprint density at radius 1 is 1.00 bits per heavy atom. The van der Waals surface area contributed by atoms with Gasteiger partial charge in [-0.05, 0) is 11.5 Å². The quantitative estimate of drug-likeness (QED) is 0.311. The van der Waals surface area contributed by atoms with Crippen molar-refractivity contribution in [3.05, 3.63) is 54.2 Å². The van der Waals surface area contributed by atoms with Crippen molar-refractivity contribution in [2.75, 3.05) is 0 Å². The number of carbonyl (C=O) groups is 1. The van der Waals surface area contributed by atoms with E-state index in [1.165, 1.54) is 6.07 Å². The molecule has 0 fully saturated rings. The van der Waals surface area contributed by atoms with E-state index in [0.717, 1.165) is 21.7 Å². The first-order valence-electron chi connectivity index (χ1n) is 5.44. The van der Waals surface area contributed by atoms with E-state index in [4.69, 9.17) is 5.26 Å². The Labute approximate surface area is 112 Å². The van der Waals surface area contributed by atoms with Crippen molar-refractivity contribution in [3.63, 3.8) is 0 Å². The number of benzene rings is 2. The average Bonchev–Trinajstić information content (AvgIpc) is 2.45. The third-order valence-electron chi connectivity index (χ3n) is 2.88. The topological polar surface area (TPSA) is 59.4 Å². The SMILES string of the molecule is O=C(OO)c1ccc2ccc3ccccc3c2n1.[BeH2]. The van der Waals surface area contributed by atoms with Crippen LogP contribution in [0.25, 0.3) is 21.7 Å². The molecule has 4 nitrogen and oxygen atoms in total. The van der Waals surface area contributed by atoms with Crippen LogP contribution in [-0.2, 0) is 4.89 Å². The van der Waals surface area contributed by atoms with Crippen molar-refractivity contribution in [1.29, 1.82) is 0 Å². The second-order valence-electron chi connectivity index (χ2n) is 3.93. The van der Waals surface area contributed by atoms with Gasteiger partial charge in [-0.15, -0.1) is 0 Å². The molecule has 0 radical (unpaired) electrons. The van der Waals surface area contributed by atoms with Gasteiger partial charge in [0.05, 0.1) is 5.52 Å². The van der Waals surface area contributed by atoms with Crippen LogP contribution in [-0.4, -0.2) is 26.3 Å². The van der Waals surface area contributed by atoms with Crippen LogP contribution in [0.5, 0.6) is 0 Å². The van der Waals surface area contributed by atoms with E-state index in [-0.39, 0.29) is 15.8 Å². The van der Waals surface area contributed by atoms with E-state index in [1.54, 1.807) is 6.07 Å². The number of fused-ring (bicyclic) bond motifs is 3. The fraction of sp³-hybridized carbons (Fsp3) is 0. The first kappa shape index (κ1) is 13.1. The summed E-state index contributed by atoms with van der Waals surface area (Å²) in [4.78, 5) is 19.2. The van der Waals surface area contributed by atoms with Gasteiger partial charge in [0.1, 0.15) is 0 Å². The van der Waals surface area contributed by atoms with E-state index in [0.29, 0.717) is 0 Å². The summed E-state index contributed by atoms with van der Waals surface area (Å²) in [7, 11) is 0. The van der Waals surface area contributed by atoms with Crippen LogP contribution in [0.1, 0.15) is 10.5 Å². The zero-order valence-electron chi connectivity index (χ0n) is 9.33. The first-order valence-corrected chi connectivity index (χ1v) is 5.44. The summed E-state index contributed by atoms with van der Waals surface area (Å²) in [5.41, 5.74) is 0.803. The molecule has 92 valence electrons. The van der Waals surface area contributed by atoms with Crippen LogP contribution in [0.2, 0.25) is 0 Å². The molecule has 0 bridgehead atoms. The summed E-state index contributed by atoms with van der Waals surface area (Å²) < 4.78 is 0. The predicted octanol–water partition coefficient (Wildman–Crippen LogP) is 2.10. The standard InChI is InChI=1S/C14H9NO3.Be.2H/c16-14(18-17)12-8-7-10-6-5-9-3-1-2-4-11(9)13(10)15-12;;;/h1-8,17H;;;. The molecular formula is C14H11BeNO3. The van der Waals surface area contributed by atoms with Gasteiger partial charge in [-0.1, -0.05) is 42.5 Å². The molecular weight excluding hydrogens is 239 g/mol. The van der Waals surface area contributed by atoms with E-state index in [1.807, 2.05) is 36.4 Å². The van der Waals surface area contributed by atoms with Gasteiger partial charge in [-0.25, -0.2) is 9.78 Å². The van der Waals surface area contributed by atoms with Crippen molar-refractivity contribution in [3.8, 4) is 0 Å². The molecule has 0 amide bonds. The molecule has 0 saturated carbocycles. The van der Waals surface area contributed by atoms with Gasteiger partial charge < -0.3 is 0 Å². The molecule has 0 aliphatic heterocycles. The summed E-state index contributed by atoms with van der Waals surface area (Å²) >= 11 is 0. The minimum absolute atomic E-state index is 0. The van der Waals surface area contributed by atoms with E-state index in [9.17, 15) is 4.79 Å². The Morgan fingerprint density at radius 2 is 1.68 bits per heavy atom.